The van der Waals surface area contributed by atoms with Gasteiger partial charge >= 0.3 is 0 Å². The van der Waals surface area contributed by atoms with Gasteiger partial charge in [-0.1, -0.05) is 18.7 Å². The van der Waals surface area contributed by atoms with Crippen LogP contribution >= 0.6 is 0 Å². The van der Waals surface area contributed by atoms with Crippen molar-refractivity contribution in [2.75, 3.05) is 0 Å². The predicted octanol–water partition coefficient (Wildman–Crippen LogP) is 2.94. The number of hydrogen-bond acceptors (Lipinski definition) is 1. The summed E-state index contributed by atoms with van der Waals surface area (Å²) in [5, 5.41) is 2.90. The molecule has 0 radical (unpaired) electrons. The third kappa shape index (κ3) is 2.59. The van der Waals surface area contributed by atoms with E-state index in [9.17, 15) is 4.79 Å². The molecule has 1 heterocycles. The number of rotatable bonds is 1. The number of hydrogen-bond donors (Lipinski definition) is 1. The Balaban J connectivity index is 0.00000196. The van der Waals surface area contributed by atoms with E-state index >= 15 is 0 Å². The van der Waals surface area contributed by atoms with Crippen LogP contribution in [0.2, 0.25) is 0 Å². The molecule has 0 bridgehead atoms. The fourth-order valence-corrected chi connectivity index (χ4v) is 1.59. The summed E-state index contributed by atoms with van der Waals surface area (Å²) in [5.74, 6) is 0.0995. The average Bonchev–Trinajstić information content (AvgIpc) is 2.29. The molecule has 1 rings (SSSR count). The zero-order chi connectivity index (χ0) is 10.6. The Morgan fingerprint density at radius 3 is 2.93 bits per heavy atom. The zero-order valence-electron chi connectivity index (χ0n) is 8.89. The van der Waals surface area contributed by atoms with E-state index in [0.29, 0.717) is 6.42 Å². The van der Waals surface area contributed by atoms with Gasteiger partial charge in [-0.25, -0.2) is 0 Å². The number of nitrogens with one attached hydrogen (secondary N) is 1. The summed E-state index contributed by atoms with van der Waals surface area (Å²) in [6.07, 6.45) is 6.37. The molecular weight excluding hydrogens is 174 g/mol. The minimum atomic E-state index is 0. The Kier molecular flexibility index (Phi) is 3.69. The first kappa shape index (κ1) is 10.8. The molecule has 14 heavy (non-hydrogen) atoms. The van der Waals surface area contributed by atoms with Crippen molar-refractivity contribution in [3.8, 4) is 0 Å². The van der Waals surface area contributed by atoms with E-state index in [1.165, 1.54) is 0 Å². The molecule has 78 valence electrons. The SMILES string of the molecule is C=C1CCCC(=O)N/C1=C(C)/C=C\C.[HH]. The molecule has 2 nitrogen and oxygen atoms in total. The van der Waals surface area contributed by atoms with Gasteiger partial charge in [0.05, 0.1) is 0 Å². The van der Waals surface area contributed by atoms with Gasteiger partial charge in [0.2, 0.25) is 5.91 Å². The van der Waals surface area contributed by atoms with Gasteiger partial charge in [0.25, 0.3) is 0 Å². The maximum absolute atomic E-state index is 11.3. The molecule has 0 atom stereocenters. The third-order valence-electron chi connectivity index (χ3n) is 2.31. The fraction of sp³-hybridized carbons (Fsp3) is 0.417. The van der Waals surface area contributed by atoms with E-state index in [4.69, 9.17) is 0 Å². The normalized spacial score (nSPS) is 22.1. The van der Waals surface area contributed by atoms with Crippen molar-refractivity contribution in [1.82, 2.24) is 5.32 Å². The first-order chi connectivity index (χ1) is 6.65. The molecule has 1 fully saturated rings. The summed E-state index contributed by atoms with van der Waals surface area (Å²) in [7, 11) is 0. The smallest absolute Gasteiger partial charge is 0.224 e. The lowest BCUT2D eigenvalue weighted by Crippen LogP contribution is -2.21. The Labute approximate surface area is 86.9 Å². The molecule has 1 saturated heterocycles. The monoisotopic (exact) mass is 193 g/mol. The molecule has 0 aromatic carbocycles. The average molecular weight is 193 g/mol. The number of carbonyl (C=O) groups excluding carboxylic acids is 1. The van der Waals surface area contributed by atoms with Crippen molar-refractivity contribution in [3.05, 3.63) is 35.6 Å². The molecule has 0 saturated carbocycles. The first-order valence-corrected chi connectivity index (χ1v) is 4.96. The second kappa shape index (κ2) is 4.80. The largest absolute Gasteiger partial charge is 0.326 e. The number of allylic oxidation sites excluding steroid dienone is 4. The van der Waals surface area contributed by atoms with Crippen molar-refractivity contribution in [3.63, 3.8) is 0 Å². The summed E-state index contributed by atoms with van der Waals surface area (Å²) in [6, 6.07) is 0. The van der Waals surface area contributed by atoms with Crippen molar-refractivity contribution in [2.24, 2.45) is 0 Å². The minimum Gasteiger partial charge on any atom is -0.326 e. The fourth-order valence-electron chi connectivity index (χ4n) is 1.59. The molecule has 0 aromatic heterocycles. The lowest BCUT2D eigenvalue weighted by Gasteiger charge is -2.10. The zero-order valence-corrected chi connectivity index (χ0v) is 8.89. The van der Waals surface area contributed by atoms with Crippen LogP contribution in [0, 0.1) is 0 Å². The summed E-state index contributed by atoms with van der Waals surface area (Å²) in [4.78, 5) is 11.3. The second-order valence-corrected chi connectivity index (χ2v) is 3.56. The van der Waals surface area contributed by atoms with E-state index in [-0.39, 0.29) is 7.33 Å². The molecule has 2 heteroatoms. The number of amides is 1. The van der Waals surface area contributed by atoms with Gasteiger partial charge in [-0.05, 0) is 37.8 Å². The van der Waals surface area contributed by atoms with E-state index in [0.717, 1.165) is 29.7 Å². The lowest BCUT2D eigenvalue weighted by atomic mass is 10.1. The van der Waals surface area contributed by atoms with E-state index in [1.807, 2.05) is 26.0 Å². The van der Waals surface area contributed by atoms with Crippen LogP contribution in [0.25, 0.3) is 0 Å². The van der Waals surface area contributed by atoms with Crippen molar-refractivity contribution in [1.29, 1.82) is 0 Å². The van der Waals surface area contributed by atoms with Gasteiger partial charge in [-0.15, -0.1) is 0 Å². The van der Waals surface area contributed by atoms with Crippen LogP contribution in [0.1, 0.15) is 34.5 Å². The predicted molar refractivity (Wildman–Crippen MR) is 60.8 cm³/mol. The summed E-state index contributed by atoms with van der Waals surface area (Å²) in [6.45, 7) is 7.94. The molecule has 0 unspecified atom stereocenters. The molecule has 0 aromatic rings. The van der Waals surface area contributed by atoms with Crippen LogP contribution in [-0.2, 0) is 4.79 Å². The standard InChI is InChI=1S/C12H17NO.H2/c1-4-6-9(2)12-10(3)7-5-8-11(14)13-12;/h4,6H,3,5,7-8H2,1-2H3,(H,13,14);1H/b6-4-,12-9+;. The van der Waals surface area contributed by atoms with Crippen LogP contribution < -0.4 is 5.32 Å². The van der Waals surface area contributed by atoms with Gasteiger partial charge < -0.3 is 5.32 Å². The Morgan fingerprint density at radius 1 is 1.57 bits per heavy atom. The van der Waals surface area contributed by atoms with Crippen LogP contribution in [-0.4, -0.2) is 5.91 Å². The quantitative estimate of drug-likeness (QED) is 0.681. The van der Waals surface area contributed by atoms with Crippen molar-refractivity contribution >= 4 is 5.91 Å². The molecule has 0 aliphatic carbocycles. The van der Waals surface area contributed by atoms with E-state index < -0.39 is 0 Å². The third-order valence-corrected chi connectivity index (χ3v) is 2.31. The Bertz CT molecular complexity index is 316. The van der Waals surface area contributed by atoms with Gasteiger partial charge in [0.15, 0.2) is 0 Å². The highest BCUT2D eigenvalue weighted by Gasteiger charge is 2.14. The lowest BCUT2D eigenvalue weighted by molar-refractivity contribution is -0.120. The highest BCUT2D eigenvalue weighted by atomic mass is 16.1. The Morgan fingerprint density at radius 2 is 2.29 bits per heavy atom. The van der Waals surface area contributed by atoms with Gasteiger partial charge in [-0.2, -0.15) is 0 Å². The van der Waals surface area contributed by atoms with E-state index in [2.05, 4.69) is 11.9 Å². The molecule has 1 aliphatic rings. The maximum Gasteiger partial charge on any atom is 0.224 e. The van der Waals surface area contributed by atoms with Crippen LogP contribution in [0.4, 0.5) is 0 Å². The molecule has 1 amide bonds. The number of carbonyl (C=O) groups is 1. The minimum absolute atomic E-state index is 0. The van der Waals surface area contributed by atoms with Crippen LogP contribution in [0.3, 0.4) is 0 Å². The van der Waals surface area contributed by atoms with Crippen LogP contribution in [0.5, 0.6) is 0 Å². The molecular formula is C12H19NO. The van der Waals surface area contributed by atoms with Crippen molar-refractivity contribution < 1.29 is 6.22 Å². The topological polar surface area (TPSA) is 29.1 Å². The highest BCUT2D eigenvalue weighted by Crippen LogP contribution is 2.20. The van der Waals surface area contributed by atoms with Crippen molar-refractivity contribution in [2.45, 2.75) is 33.1 Å². The molecule has 0 spiro atoms. The molecule has 1 N–H and O–H groups in total. The summed E-state index contributed by atoms with van der Waals surface area (Å²) >= 11 is 0. The van der Waals surface area contributed by atoms with Gasteiger partial charge in [0.1, 0.15) is 0 Å². The summed E-state index contributed by atoms with van der Waals surface area (Å²) in [5.41, 5.74) is 3.02. The first-order valence-electron chi connectivity index (χ1n) is 4.96. The van der Waals surface area contributed by atoms with E-state index in [1.54, 1.807) is 0 Å². The van der Waals surface area contributed by atoms with Gasteiger partial charge in [0, 0.05) is 13.5 Å². The maximum atomic E-state index is 11.3. The second-order valence-electron chi connectivity index (χ2n) is 3.56. The summed E-state index contributed by atoms with van der Waals surface area (Å²) < 4.78 is 0. The Hall–Kier alpha value is -1.31. The molecule has 1 aliphatic heterocycles. The van der Waals surface area contributed by atoms with Crippen LogP contribution in [0.15, 0.2) is 35.6 Å². The highest BCUT2D eigenvalue weighted by molar-refractivity contribution is 5.79. The van der Waals surface area contributed by atoms with Gasteiger partial charge in [-0.3, -0.25) is 4.79 Å².